The molecule has 1 aliphatic heterocycles. The molecule has 176 valence electrons. The number of rotatable bonds is 8. The van der Waals surface area contributed by atoms with Gasteiger partial charge in [-0.05, 0) is 36.2 Å². The molecule has 0 spiro atoms. The summed E-state index contributed by atoms with van der Waals surface area (Å²) in [7, 11) is 3.16. The zero-order valence-electron chi connectivity index (χ0n) is 18.7. The zero-order valence-corrected chi connectivity index (χ0v) is 18.7. The van der Waals surface area contributed by atoms with E-state index in [1.165, 1.54) is 0 Å². The summed E-state index contributed by atoms with van der Waals surface area (Å²) in [6, 6.07) is 11.3. The first-order valence-electron chi connectivity index (χ1n) is 10.6. The third kappa shape index (κ3) is 5.14. The number of H-pyrrole nitrogens is 1. The van der Waals surface area contributed by atoms with Crippen LogP contribution in [0.3, 0.4) is 0 Å². The first-order chi connectivity index (χ1) is 16.5. The van der Waals surface area contributed by atoms with Crippen molar-refractivity contribution in [2.75, 3.05) is 24.9 Å². The summed E-state index contributed by atoms with van der Waals surface area (Å²) >= 11 is 0. The third-order valence-electron chi connectivity index (χ3n) is 5.32. The molecule has 0 aliphatic carbocycles. The van der Waals surface area contributed by atoms with E-state index in [0.717, 1.165) is 5.56 Å². The highest BCUT2D eigenvalue weighted by atomic mass is 16.5. The number of ether oxygens (including phenoxy) is 2. The second kappa shape index (κ2) is 10.0. The van der Waals surface area contributed by atoms with E-state index in [-0.39, 0.29) is 12.4 Å². The number of nitrogens with one attached hydrogen (secondary N) is 4. The van der Waals surface area contributed by atoms with Crippen molar-refractivity contribution in [3.63, 3.8) is 0 Å². The molecule has 1 unspecified atom stereocenters. The van der Waals surface area contributed by atoms with Crippen LogP contribution in [0.15, 0.2) is 42.5 Å². The monoisotopic (exact) mass is 464 g/mol. The maximum atomic E-state index is 12.5. The van der Waals surface area contributed by atoms with Gasteiger partial charge in [0.2, 0.25) is 17.8 Å². The minimum Gasteiger partial charge on any atom is -0.493 e. The number of fused-ring (bicyclic) bond motifs is 1. The van der Waals surface area contributed by atoms with E-state index in [1.54, 1.807) is 38.5 Å². The molecule has 1 aliphatic rings. The van der Waals surface area contributed by atoms with E-state index in [2.05, 4.69) is 31.1 Å². The lowest BCUT2D eigenvalue weighted by molar-refractivity contribution is -0.122. The highest BCUT2D eigenvalue weighted by Gasteiger charge is 2.29. The Kier molecular flexibility index (Phi) is 6.72. The Balaban J connectivity index is 1.32. The molecule has 1 aromatic heterocycles. The van der Waals surface area contributed by atoms with Crippen LogP contribution in [0.2, 0.25) is 0 Å². The average Bonchev–Trinajstić information content (AvgIpc) is 3.24. The largest absolute Gasteiger partial charge is 0.493 e. The number of amides is 3. The number of hydrogen-bond donors (Lipinski definition) is 4. The predicted molar refractivity (Wildman–Crippen MR) is 123 cm³/mol. The molecule has 11 nitrogen and oxygen atoms in total. The van der Waals surface area contributed by atoms with Gasteiger partial charge in [-0.2, -0.15) is 4.98 Å². The number of hydrogen-bond acceptors (Lipinski definition) is 7. The lowest BCUT2D eigenvalue weighted by atomic mass is 10.1. The van der Waals surface area contributed by atoms with Crippen molar-refractivity contribution in [2.45, 2.75) is 25.3 Å². The highest BCUT2D eigenvalue weighted by Crippen LogP contribution is 2.28. The first-order valence-corrected chi connectivity index (χ1v) is 10.6. The van der Waals surface area contributed by atoms with E-state index in [4.69, 9.17) is 9.47 Å². The summed E-state index contributed by atoms with van der Waals surface area (Å²) in [5.41, 5.74) is 1.77. The number of aromatic nitrogens is 3. The molecule has 1 atom stereocenters. The van der Waals surface area contributed by atoms with E-state index < -0.39 is 23.8 Å². The Hall–Kier alpha value is -4.41. The fraction of sp³-hybridized carbons (Fsp3) is 0.261. The number of aromatic amines is 1. The van der Waals surface area contributed by atoms with E-state index >= 15 is 0 Å². The standard InChI is InChI=1S/C23H24N6O5/c1-33-17-9-7-13(11-18(17)34-2)8-10-19-26-23(29-28-19)27-20(30)12-16-22(32)24-15-6-4-3-5-14(15)21(31)25-16/h3-7,9,11,16H,8,10,12H2,1-2H3,(H,24,32)(H,25,31)(H2,26,27,28,29,30). The number of anilines is 2. The molecule has 4 N–H and O–H groups in total. The number of carbonyl (C=O) groups excluding carboxylic acids is 3. The van der Waals surface area contributed by atoms with Gasteiger partial charge in [0.25, 0.3) is 5.91 Å². The Morgan fingerprint density at radius 3 is 2.65 bits per heavy atom. The van der Waals surface area contributed by atoms with Gasteiger partial charge in [0, 0.05) is 6.42 Å². The summed E-state index contributed by atoms with van der Waals surface area (Å²) in [4.78, 5) is 41.6. The van der Waals surface area contributed by atoms with Gasteiger partial charge in [-0.3, -0.25) is 24.8 Å². The third-order valence-corrected chi connectivity index (χ3v) is 5.32. The van der Waals surface area contributed by atoms with Crippen LogP contribution in [0.25, 0.3) is 0 Å². The summed E-state index contributed by atoms with van der Waals surface area (Å²) in [6.07, 6.45) is 0.955. The Labute approximate surface area is 195 Å². The molecule has 2 heterocycles. The van der Waals surface area contributed by atoms with Gasteiger partial charge in [-0.1, -0.05) is 18.2 Å². The lowest BCUT2D eigenvalue weighted by Gasteiger charge is -2.13. The SMILES string of the molecule is COc1ccc(CCc2nc(NC(=O)CC3NC(=O)c4ccccc4NC3=O)n[nH]2)cc1OC. The number of aryl methyl sites for hydroxylation is 2. The van der Waals surface area contributed by atoms with Crippen molar-refractivity contribution in [2.24, 2.45) is 0 Å². The van der Waals surface area contributed by atoms with Gasteiger partial charge in [-0.25, -0.2) is 0 Å². The highest BCUT2D eigenvalue weighted by molar-refractivity contribution is 6.11. The number of methoxy groups -OCH3 is 2. The minimum absolute atomic E-state index is 0.0935. The van der Waals surface area contributed by atoms with Crippen molar-refractivity contribution in [3.8, 4) is 11.5 Å². The topological polar surface area (TPSA) is 147 Å². The van der Waals surface area contributed by atoms with Gasteiger partial charge in [0.1, 0.15) is 11.9 Å². The summed E-state index contributed by atoms with van der Waals surface area (Å²) in [5, 5.41) is 14.6. The van der Waals surface area contributed by atoms with E-state index in [0.29, 0.717) is 41.4 Å². The molecule has 0 bridgehead atoms. The molecular weight excluding hydrogens is 440 g/mol. The van der Waals surface area contributed by atoms with Crippen molar-refractivity contribution in [1.29, 1.82) is 0 Å². The fourth-order valence-electron chi connectivity index (χ4n) is 3.58. The summed E-state index contributed by atoms with van der Waals surface area (Å²) in [6.45, 7) is 0. The molecule has 4 rings (SSSR count). The maximum absolute atomic E-state index is 12.5. The Morgan fingerprint density at radius 1 is 1.06 bits per heavy atom. The summed E-state index contributed by atoms with van der Waals surface area (Å²) in [5.74, 6) is 0.566. The molecule has 0 radical (unpaired) electrons. The van der Waals surface area contributed by atoms with Crippen LogP contribution in [0.1, 0.15) is 28.2 Å². The number of nitrogens with zero attached hydrogens (tertiary/aromatic N) is 2. The van der Waals surface area contributed by atoms with Crippen molar-refractivity contribution < 1.29 is 23.9 Å². The molecule has 34 heavy (non-hydrogen) atoms. The van der Waals surface area contributed by atoms with E-state index in [9.17, 15) is 14.4 Å². The Morgan fingerprint density at radius 2 is 1.85 bits per heavy atom. The first kappa shape index (κ1) is 22.8. The van der Waals surface area contributed by atoms with Crippen LogP contribution in [0, 0.1) is 0 Å². The van der Waals surface area contributed by atoms with Crippen LogP contribution in [0.4, 0.5) is 11.6 Å². The molecule has 0 saturated carbocycles. The van der Waals surface area contributed by atoms with E-state index in [1.807, 2.05) is 18.2 Å². The quantitative estimate of drug-likeness (QED) is 0.397. The van der Waals surface area contributed by atoms with Gasteiger partial charge >= 0.3 is 0 Å². The van der Waals surface area contributed by atoms with Crippen LogP contribution >= 0.6 is 0 Å². The van der Waals surface area contributed by atoms with Crippen molar-refractivity contribution in [1.82, 2.24) is 20.5 Å². The van der Waals surface area contributed by atoms with Crippen molar-refractivity contribution >= 4 is 29.4 Å². The van der Waals surface area contributed by atoms with Crippen molar-refractivity contribution in [3.05, 3.63) is 59.4 Å². The van der Waals surface area contributed by atoms with Crippen LogP contribution in [0.5, 0.6) is 11.5 Å². The van der Waals surface area contributed by atoms with Crippen LogP contribution < -0.4 is 25.4 Å². The Bertz CT molecular complexity index is 1220. The van der Waals surface area contributed by atoms with Crippen LogP contribution in [-0.4, -0.2) is 53.2 Å². The van der Waals surface area contributed by atoms with Gasteiger partial charge in [0.05, 0.1) is 31.9 Å². The molecule has 3 aromatic rings. The average molecular weight is 464 g/mol. The van der Waals surface area contributed by atoms with Gasteiger partial charge in [-0.15, -0.1) is 5.10 Å². The predicted octanol–water partition coefficient (Wildman–Crippen LogP) is 1.69. The van der Waals surface area contributed by atoms with Gasteiger partial charge < -0.3 is 20.1 Å². The second-order valence-electron chi connectivity index (χ2n) is 7.61. The zero-order chi connectivity index (χ0) is 24.1. The minimum atomic E-state index is -1.02. The fourth-order valence-corrected chi connectivity index (χ4v) is 3.58. The molecule has 2 aromatic carbocycles. The summed E-state index contributed by atoms with van der Waals surface area (Å²) < 4.78 is 10.6. The number of para-hydroxylation sites is 1. The molecule has 3 amide bonds. The van der Waals surface area contributed by atoms with Gasteiger partial charge in [0.15, 0.2) is 11.5 Å². The normalized spacial score (nSPS) is 14.9. The molecule has 11 heteroatoms. The van der Waals surface area contributed by atoms with Crippen LogP contribution in [-0.2, 0) is 22.4 Å². The molecule has 0 saturated heterocycles. The smallest absolute Gasteiger partial charge is 0.254 e. The molecular formula is C23H24N6O5. The number of carbonyl (C=O) groups is 3. The second-order valence-corrected chi connectivity index (χ2v) is 7.61. The number of benzene rings is 2. The lowest BCUT2D eigenvalue weighted by Crippen LogP contribution is -2.43. The maximum Gasteiger partial charge on any atom is 0.254 e. The molecule has 0 fully saturated rings.